The molecular weight excluding hydrogens is 471 g/mol. The molecule has 5 nitrogen and oxygen atoms in total. The average molecular weight is 509 g/mol. The molecule has 7 heteroatoms. The van der Waals surface area contributed by atoms with Crippen LogP contribution in [-0.4, -0.2) is 56.3 Å². The Balaban J connectivity index is 0.00000364. The van der Waals surface area contributed by atoms with Crippen molar-refractivity contribution in [2.75, 3.05) is 40.3 Å². The summed E-state index contributed by atoms with van der Waals surface area (Å²) in [5.74, 6) is 0.888. The van der Waals surface area contributed by atoms with Gasteiger partial charge in [-0.25, -0.2) is 0 Å². The van der Waals surface area contributed by atoms with Crippen LogP contribution in [0.4, 0.5) is 0 Å². The van der Waals surface area contributed by atoms with Gasteiger partial charge in [0.25, 0.3) is 0 Å². The molecule has 0 radical (unpaired) electrons. The predicted molar refractivity (Wildman–Crippen MR) is 127 cm³/mol. The summed E-state index contributed by atoms with van der Waals surface area (Å²) in [5, 5.41) is 18.6. The van der Waals surface area contributed by atoms with Gasteiger partial charge in [0, 0.05) is 31.1 Å². The van der Waals surface area contributed by atoms with Crippen LogP contribution in [0.25, 0.3) is 0 Å². The highest BCUT2D eigenvalue weighted by Gasteiger charge is 2.31. The number of nitrogens with zero attached hydrogens (tertiary/aromatic N) is 2. The molecule has 1 aromatic heterocycles. The molecule has 0 amide bonds. The molecule has 0 aromatic carbocycles. The Hall–Kier alpha value is -0.380. The predicted octanol–water partition coefficient (Wildman–Crippen LogP) is 3.86. The number of hydrogen-bond donors (Lipinski definition) is 3. The van der Waals surface area contributed by atoms with Gasteiger partial charge in [0.1, 0.15) is 0 Å². The number of guanidine groups is 1. The van der Waals surface area contributed by atoms with Crippen molar-refractivity contribution in [1.29, 1.82) is 0 Å². The number of nitrogens with one attached hydrogen (secondary N) is 2. The normalized spacial score (nSPS) is 18.0. The first kappa shape index (κ1) is 24.7. The highest BCUT2D eigenvalue weighted by Crippen LogP contribution is 2.39. The number of aliphatic hydroxyl groups excluding tert-OH is 1. The Bertz CT molecular complexity index is 525. The molecule has 0 bridgehead atoms. The summed E-state index contributed by atoms with van der Waals surface area (Å²) in [6, 6.07) is 4.64. The number of halogens is 1. The van der Waals surface area contributed by atoms with Crippen molar-refractivity contribution in [1.82, 2.24) is 15.5 Å². The Morgan fingerprint density at radius 2 is 2.04 bits per heavy atom. The van der Waals surface area contributed by atoms with Crippen LogP contribution in [-0.2, 0) is 0 Å². The summed E-state index contributed by atoms with van der Waals surface area (Å²) in [6.07, 6.45) is 7.09. The van der Waals surface area contributed by atoms with Crippen LogP contribution < -0.4 is 10.6 Å². The van der Waals surface area contributed by atoms with Crippen molar-refractivity contribution in [2.24, 2.45) is 10.4 Å². The molecule has 1 heterocycles. The van der Waals surface area contributed by atoms with E-state index in [1.807, 2.05) is 0 Å². The molecule has 1 atom stereocenters. The standard InChI is InChI=1S/C20H36N4OS.HI/c1-4-21-19(22-15-17(24(2)3)18-9-8-14-26-18)23-16-20(12-13-25)10-6-5-7-11-20;/h8-9,14,17,25H,4-7,10-13,15-16H2,1-3H3,(H2,21,22,23);1H. The van der Waals surface area contributed by atoms with Gasteiger partial charge in [-0.2, -0.15) is 0 Å². The van der Waals surface area contributed by atoms with Crippen molar-refractivity contribution in [3.8, 4) is 0 Å². The van der Waals surface area contributed by atoms with Crippen molar-refractivity contribution in [2.45, 2.75) is 51.5 Å². The van der Waals surface area contributed by atoms with Crippen molar-refractivity contribution < 1.29 is 5.11 Å². The van der Waals surface area contributed by atoms with Gasteiger partial charge in [0.2, 0.25) is 0 Å². The van der Waals surface area contributed by atoms with Crippen LogP contribution in [0.1, 0.15) is 56.4 Å². The quantitative estimate of drug-likeness (QED) is 0.270. The van der Waals surface area contributed by atoms with E-state index in [9.17, 15) is 5.11 Å². The third kappa shape index (κ3) is 7.87. The van der Waals surface area contributed by atoms with E-state index in [1.54, 1.807) is 11.3 Å². The molecule has 0 spiro atoms. The Morgan fingerprint density at radius 1 is 1.30 bits per heavy atom. The maximum absolute atomic E-state index is 9.51. The van der Waals surface area contributed by atoms with E-state index in [-0.39, 0.29) is 36.0 Å². The molecule has 1 saturated carbocycles. The summed E-state index contributed by atoms with van der Waals surface area (Å²) in [7, 11) is 4.24. The van der Waals surface area contributed by atoms with Crippen LogP contribution in [0.5, 0.6) is 0 Å². The summed E-state index contributed by atoms with van der Waals surface area (Å²) in [5.41, 5.74) is 0.185. The monoisotopic (exact) mass is 508 g/mol. The minimum Gasteiger partial charge on any atom is -0.396 e. The second-order valence-electron chi connectivity index (χ2n) is 7.61. The fraction of sp³-hybridized carbons (Fsp3) is 0.750. The zero-order valence-electron chi connectivity index (χ0n) is 17.0. The highest BCUT2D eigenvalue weighted by molar-refractivity contribution is 14.0. The molecule has 1 unspecified atom stereocenters. The fourth-order valence-corrected chi connectivity index (χ4v) is 4.75. The molecule has 156 valence electrons. The van der Waals surface area contributed by atoms with Gasteiger partial charge in [-0.15, -0.1) is 35.3 Å². The van der Waals surface area contributed by atoms with Crippen LogP contribution in [0.15, 0.2) is 22.5 Å². The Labute approximate surface area is 186 Å². The van der Waals surface area contributed by atoms with E-state index >= 15 is 0 Å². The SMILES string of the molecule is CCNC(=NCC1(CCO)CCCCC1)NCC(c1cccs1)N(C)C.I. The fourth-order valence-electron chi connectivity index (χ4n) is 3.83. The molecule has 27 heavy (non-hydrogen) atoms. The molecule has 3 N–H and O–H groups in total. The average Bonchev–Trinajstić information content (AvgIpc) is 3.15. The molecule has 1 aliphatic carbocycles. The van der Waals surface area contributed by atoms with E-state index < -0.39 is 0 Å². The van der Waals surface area contributed by atoms with Gasteiger partial charge >= 0.3 is 0 Å². The van der Waals surface area contributed by atoms with Gasteiger partial charge in [0.05, 0.1) is 6.04 Å². The lowest BCUT2D eigenvalue weighted by molar-refractivity contribution is 0.137. The lowest BCUT2D eigenvalue weighted by atomic mass is 9.72. The van der Waals surface area contributed by atoms with Crippen LogP contribution in [0.3, 0.4) is 0 Å². The summed E-state index contributed by atoms with van der Waals surface area (Å²) in [4.78, 5) is 8.52. The summed E-state index contributed by atoms with van der Waals surface area (Å²) < 4.78 is 0. The second-order valence-corrected chi connectivity index (χ2v) is 8.58. The molecular formula is C20H37IN4OS. The minimum atomic E-state index is 0. The number of aliphatic hydroxyl groups is 1. The Morgan fingerprint density at radius 3 is 2.59 bits per heavy atom. The lowest BCUT2D eigenvalue weighted by Crippen LogP contribution is -2.42. The van der Waals surface area contributed by atoms with Gasteiger partial charge < -0.3 is 20.6 Å². The molecule has 1 aromatic rings. The number of hydrogen-bond acceptors (Lipinski definition) is 4. The van der Waals surface area contributed by atoms with E-state index in [0.717, 1.165) is 32.0 Å². The van der Waals surface area contributed by atoms with Crippen molar-refractivity contribution in [3.63, 3.8) is 0 Å². The Kier molecular flexibility index (Phi) is 11.8. The number of rotatable bonds is 9. The van der Waals surface area contributed by atoms with E-state index in [2.05, 4.69) is 54.1 Å². The van der Waals surface area contributed by atoms with Crippen molar-refractivity contribution in [3.05, 3.63) is 22.4 Å². The number of likely N-dealkylation sites (N-methyl/N-ethyl adjacent to an activating group) is 1. The lowest BCUT2D eigenvalue weighted by Gasteiger charge is -2.36. The van der Waals surface area contributed by atoms with Crippen LogP contribution in [0.2, 0.25) is 0 Å². The topological polar surface area (TPSA) is 59.9 Å². The molecule has 1 aliphatic rings. The van der Waals surface area contributed by atoms with Gasteiger partial charge in [-0.1, -0.05) is 25.3 Å². The third-order valence-electron chi connectivity index (χ3n) is 5.43. The first-order valence-corrected chi connectivity index (χ1v) is 10.8. The third-order valence-corrected chi connectivity index (χ3v) is 6.40. The number of aliphatic imine (C=N–C) groups is 1. The smallest absolute Gasteiger partial charge is 0.191 e. The van der Waals surface area contributed by atoms with E-state index in [4.69, 9.17) is 4.99 Å². The maximum Gasteiger partial charge on any atom is 0.191 e. The first-order valence-electron chi connectivity index (χ1n) is 9.93. The van der Waals surface area contributed by atoms with Gasteiger partial charge in [-0.3, -0.25) is 4.99 Å². The second kappa shape index (κ2) is 13.0. The molecule has 1 fully saturated rings. The van der Waals surface area contributed by atoms with Gasteiger partial charge in [-0.05, 0) is 57.1 Å². The van der Waals surface area contributed by atoms with Crippen LogP contribution in [0, 0.1) is 5.41 Å². The summed E-state index contributed by atoms with van der Waals surface area (Å²) >= 11 is 1.80. The highest BCUT2D eigenvalue weighted by atomic mass is 127. The van der Waals surface area contributed by atoms with E-state index in [0.29, 0.717) is 6.04 Å². The zero-order chi connectivity index (χ0) is 18.8. The largest absolute Gasteiger partial charge is 0.396 e. The molecule has 0 aliphatic heterocycles. The van der Waals surface area contributed by atoms with Crippen LogP contribution >= 0.6 is 35.3 Å². The number of thiophene rings is 1. The first-order chi connectivity index (χ1) is 12.6. The maximum atomic E-state index is 9.51. The van der Waals surface area contributed by atoms with Crippen molar-refractivity contribution >= 4 is 41.3 Å². The molecule has 0 saturated heterocycles. The summed E-state index contributed by atoms with van der Waals surface area (Å²) in [6.45, 7) is 4.84. The van der Waals surface area contributed by atoms with Gasteiger partial charge in [0.15, 0.2) is 5.96 Å². The zero-order valence-corrected chi connectivity index (χ0v) is 20.2. The molecule has 2 rings (SSSR count). The van der Waals surface area contributed by atoms with E-state index in [1.165, 1.54) is 37.0 Å². The minimum absolute atomic E-state index is 0.